The Morgan fingerprint density at radius 1 is 1.11 bits per heavy atom. The Morgan fingerprint density at radius 2 is 1.82 bits per heavy atom. The lowest BCUT2D eigenvalue weighted by atomic mass is 9.98. The molecular formula is C20H25N3O5. The number of amides is 1. The molecule has 28 heavy (non-hydrogen) atoms. The van der Waals surface area contributed by atoms with E-state index in [1.807, 2.05) is 4.90 Å². The maximum Gasteiger partial charge on any atom is 0.261 e. The Hall–Kier alpha value is -2.61. The largest absolute Gasteiger partial charge is 0.493 e. The average Bonchev–Trinajstić information content (AvgIpc) is 2.96. The summed E-state index contributed by atoms with van der Waals surface area (Å²) in [6.07, 6.45) is 2.09. The van der Waals surface area contributed by atoms with Gasteiger partial charge >= 0.3 is 0 Å². The van der Waals surface area contributed by atoms with Crippen LogP contribution in [0.15, 0.2) is 16.9 Å². The zero-order valence-corrected chi connectivity index (χ0v) is 16.3. The van der Waals surface area contributed by atoms with Crippen LogP contribution in [0.25, 0.3) is 10.9 Å². The molecule has 1 aromatic carbocycles. The topological polar surface area (TPSA) is 82.9 Å². The smallest absolute Gasteiger partial charge is 0.261 e. The van der Waals surface area contributed by atoms with Gasteiger partial charge in [0.15, 0.2) is 11.5 Å². The summed E-state index contributed by atoms with van der Waals surface area (Å²) < 4.78 is 17.7. The number of carbonyl (C=O) groups excluding carboxylic acids is 1. The predicted octanol–water partition coefficient (Wildman–Crippen LogP) is 1.22. The maximum absolute atomic E-state index is 13.1. The SMILES string of the molecule is COc1cc2nc3n(c(=O)c2cc1OC)CCN(C(=O)C1CCOCC1)CC3. The van der Waals surface area contributed by atoms with Crippen molar-refractivity contribution < 1.29 is 19.0 Å². The Kier molecular flexibility index (Phi) is 5.21. The Labute approximate surface area is 163 Å². The molecule has 2 aliphatic rings. The molecule has 1 aromatic heterocycles. The number of rotatable bonds is 3. The maximum atomic E-state index is 13.1. The van der Waals surface area contributed by atoms with E-state index in [2.05, 4.69) is 0 Å². The fourth-order valence-corrected chi connectivity index (χ4v) is 4.01. The van der Waals surface area contributed by atoms with Gasteiger partial charge in [-0.05, 0) is 18.9 Å². The van der Waals surface area contributed by atoms with Crippen molar-refractivity contribution in [2.45, 2.75) is 25.8 Å². The summed E-state index contributed by atoms with van der Waals surface area (Å²) in [5.74, 6) is 1.92. The standard InChI is InChI=1S/C20H25N3O5/c1-26-16-11-14-15(12-17(16)27-2)21-18-3-6-22(7-8-23(18)20(14)25)19(24)13-4-9-28-10-5-13/h11-13H,3-10H2,1-2H3. The van der Waals surface area contributed by atoms with Crippen LogP contribution in [0.1, 0.15) is 18.7 Å². The number of aromatic nitrogens is 2. The second-order valence-electron chi connectivity index (χ2n) is 7.17. The Balaban J connectivity index is 1.64. The van der Waals surface area contributed by atoms with Gasteiger partial charge in [-0.15, -0.1) is 0 Å². The van der Waals surface area contributed by atoms with Crippen LogP contribution in [0.4, 0.5) is 0 Å². The van der Waals surface area contributed by atoms with Gasteiger partial charge in [0.05, 0.1) is 25.1 Å². The van der Waals surface area contributed by atoms with Crippen molar-refractivity contribution in [3.8, 4) is 11.5 Å². The van der Waals surface area contributed by atoms with Gasteiger partial charge in [-0.3, -0.25) is 14.2 Å². The van der Waals surface area contributed by atoms with Gasteiger partial charge < -0.3 is 19.1 Å². The number of hydrogen-bond acceptors (Lipinski definition) is 6. The van der Waals surface area contributed by atoms with E-state index in [9.17, 15) is 9.59 Å². The molecule has 150 valence electrons. The minimum atomic E-state index is -0.110. The molecule has 0 atom stereocenters. The molecule has 1 fully saturated rings. The molecule has 0 saturated carbocycles. The Bertz CT molecular complexity index is 949. The summed E-state index contributed by atoms with van der Waals surface area (Å²) in [6.45, 7) is 2.81. The highest BCUT2D eigenvalue weighted by Crippen LogP contribution is 2.30. The van der Waals surface area contributed by atoms with Crippen LogP contribution in [-0.4, -0.2) is 60.9 Å². The van der Waals surface area contributed by atoms with E-state index < -0.39 is 0 Å². The summed E-state index contributed by atoms with van der Waals surface area (Å²) >= 11 is 0. The first-order chi connectivity index (χ1) is 13.6. The minimum absolute atomic E-state index is 0.0206. The van der Waals surface area contributed by atoms with Crippen molar-refractivity contribution in [1.82, 2.24) is 14.5 Å². The molecule has 8 nitrogen and oxygen atoms in total. The highest BCUT2D eigenvalue weighted by atomic mass is 16.5. The number of carbonyl (C=O) groups is 1. The molecule has 3 heterocycles. The normalized spacial score (nSPS) is 17.9. The van der Waals surface area contributed by atoms with Crippen LogP contribution in [0.5, 0.6) is 11.5 Å². The monoisotopic (exact) mass is 387 g/mol. The average molecular weight is 387 g/mol. The quantitative estimate of drug-likeness (QED) is 0.788. The van der Waals surface area contributed by atoms with Gasteiger partial charge in [-0.1, -0.05) is 0 Å². The third-order valence-corrected chi connectivity index (χ3v) is 5.62. The van der Waals surface area contributed by atoms with Crippen molar-refractivity contribution in [2.75, 3.05) is 40.5 Å². The fourth-order valence-electron chi connectivity index (χ4n) is 4.01. The zero-order valence-electron chi connectivity index (χ0n) is 16.3. The lowest BCUT2D eigenvalue weighted by molar-refractivity contribution is -0.138. The van der Waals surface area contributed by atoms with E-state index in [1.165, 1.54) is 7.11 Å². The zero-order chi connectivity index (χ0) is 19.7. The van der Waals surface area contributed by atoms with E-state index in [0.29, 0.717) is 67.5 Å². The number of nitrogens with zero attached hydrogens (tertiary/aromatic N) is 3. The molecule has 0 N–H and O–H groups in total. The molecule has 0 unspecified atom stereocenters. The van der Waals surface area contributed by atoms with E-state index >= 15 is 0 Å². The van der Waals surface area contributed by atoms with Gasteiger partial charge in [0, 0.05) is 51.3 Å². The highest BCUT2D eigenvalue weighted by molar-refractivity contribution is 5.82. The number of ether oxygens (including phenoxy) is 3. The first-order valence-electron chi connectivity index (χ1n) is 9.64. The summed E-state index contributed by atoms with van der Waals surface area (Å²) in [4.78, 5) is 32.5. The van der Waals surface area contributed by atoms with E-state index in [0.717, 1.165) is 12.8 Å². The van der Waals surface area contributed by atoms with E-state index in [4.69, 9.17) is 19.2 Å². The number of fused-ring (bicyclic) bond motifs is 2. The van der Waals surface area contributed by atoms with Gasteiger partial charge in [-0.25, -0.2) is 4.98 Å². The van der Waals surface area contributed by atoms with Crippen LogP contribution in [-0.2, 0) is 22.5 Å². The van der Waals surface area contributed by atoms with Crippen molar-refractivity contribution in [3.63, 3.8) is 0 Å². The molecule has 0 radical (unpaired) electrons. The molecular weight excluding hydrogens is 362 g/mol. The van der Waals surface area contributed by atoms with Gasteiger partial charge in [0.25, 0.3) is 5.56 Å². The minimum Gasteiger partial charge on any atom is -0.493 e. The number of benzene rings is 1. The highest BCUT2D eigenvalue weighted by Gasteiger charge is 2.28. The second-order valence-corrected chi connectivity index (χ2v) is 7.17. The van der Waals surface area contributed by atoms with E-state index in [1.54, 1.807) is 23.8 Å². The van der Waals surface area contributed by atoms with Gasteiger partial charge in [-0.2, -0.15) is 0 Å². The molecule has 4 rings (SSSR count). The second kappa shape index (κ2) is 7.79. The lowest BCUT2D eigenvalue weighted by Crippen LogP contribution is -2.40. The number of methoxy groups -OCH3 is 2. The first kappa shape index (κ1) is 18.7. The van der Waals surface area contributed by atoms with E-state index in [-0.39, 0.29) is 17.4 Å². The lowest BCUT2D eigenvalue weighted by Gasteiger charge is -2.28. The number of hydrogen-bond donors (Lipinski definition) is 0. The predicted molar refractivity (Wildman–Crippen MR) is 103 cm³/mol. The third-order valence-electron chi connectivity index (χ3n) is 5.62. The molecule has 2 aliphatic heterocycles. The Morgan fingerprint density at radius 3 is 2.54 bits per heavy atom. The van der Waals surface area contributed by atoms with Crippen molar-refractivity contribution in [2.24, 2.45) is 5.92 Å². The summed E-state index contributed by atoms with van der Waals surface area (Å²) in [6, 6.07) is 3.40. The molecule has 1 saturated heterocycles. The van der Waals surface area contributed by atoms with Crippen LogP contribution in [0.2, 0.25) is 0 Å². The molecule has 0 spiro atoms. The molecule has 0 bridgehead atoms. The van der Waals surface area contributed by atoms with Gasteiger partial charge in [0.2, 0.25) is 5.91 Å². The van der Waals surface area contributed by atoms with Crippen molar-refractivity contribution in [3.05, 3.63) is 28.3 Å². The summed E-state index contributed by atoms with van der Waals surface area (Å²) in [5.41, 5.74) is 0.472. The van der Waals surface area contributed by atoms with Crippen LogP contribution in [0.3, 0.4) is 0 Å². The molecule has 8 heteroatoms. The molecule has 0 aliphatic carbocycles. The van der Waals surface area contributed by atoms with Crippen LogP contribution < -0.4 is 15.0 Å². The van der Waals surface area contributed by atoms with Gasteiger partial charge in [0.1, 0.15) is 5.82 Å². The third kappa shape index (κ3) is 3.32. The van der Waals surface area contributed by atoms with Crippen LogP contribution in [0, 0.1) is 5.92 Å². The summed E-state index contributed by atoms with van der Waals surface area (Å²) in [7, 11) is 3.09. The van der Waals surface area contributed by atoms with Crippen molar-refractivity contribution >= 4 is 16.8 Å². The molecule has 1 amide bonds. The molecule has 2 aromatic rings. The van der Waals surface area contributed by atoms with Crippen molar-refractivity contribution in [1.29, 1.82) is 0 Å². The first-order valence-corrected chi connectivity index (χ1v) is 9.64. The summed E-state index contributed by atoms with van der Waals surface area (Å²) in [5, 5.41) is 0.491. The fraction of sp³-hybridized carbons (Fsp3) is 0.550. The van der Waals surface area contributed by atoms with Crippen LogP contribution >= 0.6 is 0 Å².